The topological polar surface area (TPSA) is 41.5 Å². The SMILES string of the molecule is CCNCc1ccc(Oc2cccc(CO)c2)cc1. The third-order valence-corrected chi connectivity index (χ3v) is 2.82. The Labute approximate surface area is 113 Å². The molecule has 0 fully saturated rings. The van der Waals surface area contributed by atoms with Gasteiger partial charge in [0.05, 0.1) is 6.61 Å². The molecule has 0 unspecified atom stereocenters. The zero-order valence-electron chi connectivity index (χ0n) is 11.1. The summed E-state index contributed by atoms with van der Waals surface area (Å²) < 4.78 is 5.75. The van der Waals surface area contributed by atoms with Crippen LogP contribution in [-0.4, -0.2) is 11.7 Å². The largest absolute Gasteiger partial charge is 0.457 e. The molecule has 3 heteroatoms. The Balaban J connectivity index is 2.02. The van der Waals surface area contributed by atoms with Gasteiger partial charge in [0, 0.05) is 6.54 Å². The molecule has 0 saturated heterocycles. The molecule has 0 radical (unpaired) electrons. The van der Waals surface area contributed by atoms with Crippen LogP contribution in [0.25, 0.3) is 0 Å². The molecule has 0 aromatic heterocycles. The van der Waals surface area contributed by atoms with E-state index in [1.807, 2.05) is 48.5 Å². The van der Waals surface area contributed by atoms with Crippen molar-refractivity contribution in [3.8, 4) is 11.5 Å². The van der Waals surface area contributed by atoms with Crippen LogP contribution in [0, 0.1) is 0 Å². The number of hydrogen-bond donors (Lipinski definition) is 2. The molecule has 0 aliphatic rings. The maximum Gasteiger partial charge on any atom is 0.127 e. The second-order valence-corrected chi connectivity index (χ2v) is 4.33. The Morgan fingerprint density at radius 3 is 2.47 bits per heavy atom. The second-order valence-electron chi connectivity index (χ2n) is 4.33. The van der Waals surface area contributed by atoms with Crippen LogP contribution in [0.3, 0.4) is 0 Å². The minimum atomic E-state index is 0.0266. The van der Waals surface area contributed by atoms with Crippen molar-refractivity contribution in [1.29, 1.82) is 0 Å². The van der Waals surface area contributed by atoms with E-state index >= 15 is 0 Å². The summed E-state index contributed by atoms with van der Waals surface area (Å²) in [6.07, 6.45) is 0. The van der Waals surface area contributed by atoms with Gasteiger partial charge in [-0.15, -0.1) is 0 Å². The van der Waals surface area contributed by atoms with Gasteiger partial charge in [-0.05, 0) is 41.9 Å². The summed E-state index contributed by atoms with van der Waals surface area (Å²) in [4.78, 5) is 0. The zero-order chi connectivity index (χ0) is 13.5. The molecular formula is C16H19NO2. The molecule has 0 atom stereocenters. The van der Waals surface area contributed by atoms with E-state index in [9.17, 15) is 0 Å². The molecule has 0 bridgehead atoms. The van der Waals surface area contributed by atoms with Crippen LogP contribution in [-0.2, 0) is 13.2 Å². The van der Waals surface area contributed by atoms with Gasteiger partial charge < -0.3 is 15.2 Å². The summed E-state index contributed by atoms with van der Waals surface area (Å²) in [5.41, 5.74) is 2.08. The van der Waals surface area contributed by atoms with E-state index in [1.54, 1.807) is 0 Å². The molecule has 100 valence electrons. The highest BCUT2D eigenvalue weighted by atomic mass is 16.5. The van der Waals surface area contributed by atoms with Crippen molar-refractivity contribution >= 4 is 0 Å². The fraction of sp³-hybridized carbons (Fsp3) is 0.250. The van der Waals surface area contributed by atoms with Crippen molar-refractivity contribution in [2.45, 2.75) is 20.1 Å². The molecule has 0 aliphatic carbocycles. The summed E-state index contributed by atoms with van der Waals surface area (Å²) in [5.74, 6) is 1.54. The van der Waals surface area contributed by atoms with Crippen LogP contribution in [0.2, 0.25) is 0 Å². The predicted molar refractivity (Wildman–Crippen MR) is 76.3 cm³/mol. The van der Waals surface area contributed by atoms with E-state index in [2.05, 4.69) is 12.2 Å². The molecule has 0 spiro atoms. The Morgan fingerprint density at radius 2 is 1.79 bits per heavy atom. The molecule has 0 saturated carbocycles. The summed E-state index contributed by atoms with van der Waals surface area (Å²) >= 11 is 0. The van der Waals surface area contributed by atoms with E-state index < -0.39 is 0 Å². The minimum Gasteiger partial charge on any atom is -0.457 e. The summed E-state index contributed by atoms with van der Waals surface area (Å²) in [6, 6.07) is 15.5. The van der Waals surface area contributed by atoms with Crippen LogP contribution >= 0.6 is 0 Å². The smallest absolute Gasteiger partial charge is 0.127 e. The maximum absolute atomic E-state index is 9.08. The highest BCUT2D eigenvalue weighted by Gasteiger charge is 1.99. The van der Waals surface area contributed by atoms with Gasteiger partial charge in [-0.2, -0.15) is 0 Å². The number of benzene rings is 2. The maximum atomic E-state index is 9.08. The lowest BCUT2D eigenvalue weighted by Crippen LogP contribution is -2.11. The van der Waals surface area contributed by atoms with Crippen LogP contribution in [0.5, 0.6) is 11.5 Å². The number of rotatable bonds is 6. The van der Waals surface area contributed by atoms with Gasteiger partial charge in [0.15, 0.2) is 0 Å². The molecule has 0 aliphatic heterocycles. The number of aliphatic hydroxyl groups is 1. The molecule has 0 amide bonds. The third-order valence-electron chi connectivity index (χ3n) is 2.82. The van der Waals surface area contributed by atoms with Crippen molar-refractivity contribution in [2.75, 3.05) is 6.54 Å². The zero-order valence-corrected chi connectivity index (χ0v) is 11.1. The Morgan fingerprint density at radius 1 is 1.00 bits per heavy atom. The Kier molecular flexibility index (Phi) is 4.95. The summed E-state index contributed by atoms with van der Waals surface area (Å²) in [7, 11) is 0. The number of nitrogens with one attached hydrogen (secondary N) is 1. The summed E-state index contributed by atoms with van der Waals surface area (Å²) in [6.45, 7) is 3.95. The van der Waals surface area contributed by atoms with Crippen LogP contribution in [0.1, 0.15) is 18.1 Å². The number of aliphatic hydroxyl groups excluding tert-OH is 1. The Hall–Kier alpha value is -1.84. The molecular weight excluding hydrogens is 238 g/mol. The van der Waals surface area contributed by atoms with Gasteiger partial charge in [0.2, 0.25) is 0 Å². The van der Waals surface area contributed by atoms with E-state index in [0.29, 0.717) is 0 Å². The number of ether oxygens (including phenoxy) is 1. The van der Waals surface area contributed by atoms with E-state index in [4.69, 9.17) is 9.84 Å². The van der Waals surface area contributed by atoms with Crippen molar-refractivity contribution < 1.29 is 9.84 Å². The van der Waals surface area contributed by atoms with Crippen LogP contribution < -0.4 is 10.1 Å². The molecule has 2 aromatic carbocycles. The molecule has 2 rings (SSSR count). The van der Waals surface area contributed by atoms with E-state index in [-0.39, 0.29) is 6.61 Å². The quantitative estimate of drug-likeness (QED) is 0.835. The molecule has 2 aromatic rings. The highest BCUT2D eigenvalue weighted by Crippen LogP contribution is 2.22. The first-order chi connectivity index (χ1) is 9.31. The lowest BCUT2D eigenvalue weighted by atomic mass is 10.2. The molecule has 19 heavy (non-hydrogen) atoms. The van der Waals surface area contributed by atoms with Crippen molar-refractivity contribution in [2.24, 2.45) is 0 Å². The molecule has 3 nitrogen and oxygen atoms in total. The van der Waals surface area contributed by atoms with Gasteiger partial charge in [0.1, 0.15) is 11.5 Å². The van der Waals surface area contributed by atoms with Crippen LogP contribution in [0.15, 0.2) is 48.5 Å². The summed E-state index contributed by atoms with van der Waals surface area (Å²) in [5, 5.41) is 12.4. The van der Waals surface area contributed by atoms with Gasteiger partial charge in [0.25, 0.3) is 0 Å². The monoisotopic (exact) mass is 257 g/mol. The lowest BCUT2D eigenvalue weighted by molar-refractivity contribution is 0.281. The average molecular weight is 257 g/mol. The lowest BCUT2D eigenvalue weighted by Gasteiger charge is -2.08. The Bertz CT molecular complexity index is 508. The number of hydrogen-bond acceptors (Lipinski definition) is 3. The molecule has 0 heterocycles. The van der Waals surface area contributed by atoms with Crippen molar-refractivity contribution in [3.05, 3.63) is 59.7 Å². The fourth-order valence-electron chi connectivity index (χ4n) is 1.79. The predicted octanol–water partition coefficient (Wildman–Crippen LogP) is 3.08. The van der Waals surface area contributed by atoms with Gasteiger partial charge in [-0.1, -0.05) is 31.2 Å². The van der Waals surface area contributed by atoms with Crippen molar-refractivity contribution in [1.82, 2.24) is 5.32 Å². The first kappa shape index (κ1) is 13.6. The standard InChI is InChI=1S/C16H19NO2/c1-2-17-11-13-6-8-15(9-7-13)19-16-5-3-4-14(10-16)12-18/h3-10,17-18H,2,11-12H2,1H3. The van der Waals surface area contributed by atoms with Gasteiger partial charge >= 0.3 is 0 Å². The minimum absolute atomic E-state index is 0.0266. The first-order valence-electron chi connectivity index (χ1n) is 6.49. The van der Waals surface area contributed by atoms with E-state index in [0.717, 1.165) is 30.2 Å². The molecule has 2 N–H and O–H groups in total. The van der Waals surface area contributed by atoms with Gasteiger partial charge in [-0.3, -0.25) is 0 Å². The second kappa shape index (κ2) is 6.92. The average Bonchev–Trinajstić information content (AvgIpc) is 2.47. The van der Waals surface area contributed by atoms with Gasteiger partial charge in [-0.25, -0.2) is 0 Å². The van der Waals surface area contributed by atoms with Crippen LogP contribution in [0.4, 0.5) is 0 Å². The first-order valence-corrected chi connectivity index (χ1v) is 6.49. The van der Waals surface area contributed by atoms with Crippen molar-refractivity contribution in [3.63, 3.8) is 0 Å². The normalized spacial score (nSPS) is 10.4. The van der Waals surface area contributed by atoms with E-state index in [1.165, 1.54) is 5.56 Å². The third kappa shape index (κ3) is 4.09. The fourth-order valence-corrected chi connectivity index (χ4v) is 1.79. The highest BCUT2D eigenvalue weighted by molar-refractivity contribution is 5.35.